The molecule has 1 heteroatoms. The fraction of sp³-hybridized carbons (Fsp3) is 0.0769. The van der Waals surface area contributed by atoms with E-state index in [9.17, 15) is 0 Å². The molecule has 1 atom stereocenters. The summed E-state index contributed by atoms with van der Waals surface area (Å²) in [7, 11) is 0. The molecule has 1 unspecified atom stereocenters. The second-order valence-electron chi connectivity index (χ2n) is 3.21. The van der Waals surface area contributed by atoms with Gasteiger partial charge in [-0.3, -0.25) is 0 Å². The van der Waals surface area contributed by atoms with Crippen molar-refractivity contribution in [3.63, 3.8) is 0 Å². The third-order valence-electron chi connectivity index (χ3n) is 2.33. The van der Waals surface area contributed by atoms with Crippen molar-refractivity contribution in [3.8, 4) is 0 Å². The lowest BCUT2D eigenvalue weighted by Gasteiger charge is -2.08. The highest BCUT2D eigenvalue weighted by Gasteiger charge is 2.06. The van der Waals surface area contributed by atoms with Gasteiger partial charge in [0.15, 0.2) is 0 Å². The molecule has 0 saturated carbocycles. The van der Waals surface area contributed by atoms with Crippen molar-refractivity contribution >= 4 is 22.4 Å². The zero-order valence-electron chi connectivity index (χ0n) is 7.78. The van der Waals surface area contributed by atoms with Crippen LogP contribution in [0.25, 0.3) is 10.8 Å². The quantitative estimate of drug-likeness (QED) is 0.503. The van der Waals surface area contributed by atoms with Crippen molar-refractivity contribution in [3.05, 3.63) is 60.7 Å². The number of benzene rings is 2. The highest BCUT2D eigenvalue weighted by Crippen LogP contribution is 2.28. The van der Waals surface area contributed by atoms with Gasteiger partial charge in [-0.15, -0.1) is 18.2 Å². The van der Waals surface area contributed by atoms with Gasteiger partial charge in [0.05, 0.1) is 5.38 Å². The van der Waals surface area contributed by atoms with Gasteiger partial charge in [-0.1, -0.05) is 48.5 Å². The van der Waals surface area contributed by atoms with Gasteiger partial charge < -0.3 is 0 Å². The summed E-state index contributed by atoms with van der Waals surface area (Å²) in [6.45, 7) is 3.71. The zero-order chi connectivity index (χ0) is 9.97. The van der Waals surface area contributed by atoms with E-state index in [0.717, 1.165) is 5.56 Å². The first-order valence-electron chi connectivity index (χ1n) is 4.57. The molecule has 14 heavy (non-hydrogen) atoms. The maximum absolute atomic E-state index is 6.15. The van der Waals surface area contributed by atoms with Crippen molar-refractivity contribution in [2.24, 2.45) is 0 Å². The van der Waals surface area contributed by atoms with Crippen LogP contribution in [0.15, 0.2) is 55.1 Å². The fourth-order valence-electron chi connectivity index (χ4n) is 1.62. The molecule has 0 aliphatic heterocycles. The first kappa shape index (κ1) is 9.29. The monoisotopic (exact) mass is 202 g/mol. The Kier molecular flexibility index (Phi) is 2.55. The number of alkyl halides is 1. The molecule has 0 N–H and O–H groups in total. The Morgan fingerprint density at radius 1 is 1.07 bits per heavy atom. The third-order valence-corrected chi connectivity index (χ3v) is 2.74. The molecule has 0 aliphatic carbocycles. The van der Waals surface area contributed by atoms with Crippen molar-refractivity contribution in [2.45, 2.75) is 5.38 Å². The smallest absolute Gasteiger partial charge is 0.0769 e. The predicted octanol–water partition coefficient (Wildman–Crippen LogP) is 4.31. The lowest BCUT2D eigenvalue weighted by molar-refractivity contribution is 1.25. The number of halogens is 1. The van der Waals surface area contributed by atoms with E-state index in [4.69, 9.17) is 11.6 Å². The van der Waals surface area contributed by atoms with E-state index in [0.29, 0.717) is 0 Å². The Morgan fingerprint density at radius 3 is 2.57 bits per heavy atom. The Balaban J connectivity index is 2.70. The summed E-state index contributed by atoms with van der Waals surface area (Å²) < 4.78 is 0. The van der Waals surface area contributed by atoms with Gasteiger partial charge >= 0.3 is 0 Å². The van der Waals surface area contributed by atoms with Crippen LogP contribution in [-0.2, 0) is 0 Å². The SMILES string of the molecule is C=CC(Cl)c1cccc2ccccc12. The molecule has 0 saturated heterocycles. The molecule has 0 nitrogen and oxygen atoms in total. The van der Waals surface area contributed by atoms with Crippen LogP contribution >= 0.6 is 11.6 Å². The van der Waals surface area contributed by atoms with Crippen LogP contribution in [-0.4, -0.2) is 0 Å². The minimum Gasteiger partial charge on any atom is -0.113 e. The van der Waals surface area contributed by atoms with Crippen molar-refractivity contribution in [2.75, 3.05) is 0 Å². The first-order valence-corrected chi connectivity index (χ1v) is 5.01. The van der Waals surface area contributed by atoms with E-state index in [2.05, 4.69) is 24.8 Å². The van der Waals surface area contributed by atoms with Crippen LogP contribution in [0.1, 0.15) is 10.9 Å². The molecular formula is C13H11Cl. The van der Waals surface area contributed by atoms with Gasteiger partial charge in [-0.25, -0.2) is 0 Å². The maximum atomic E-state index is 6.15. The van der Waals surface area contributed by atoms with Gasteiger partial charge in [0.2, 0.25) is 0 Å². The molecule has 0 fully saturated rings. The number of hydrogen-bond acceptors (Lipinski definition) is 0. The molecule has 0 amide bonds. The normalized spacial score (nSPS) is 12.6. The van der Waals surface area contributed by atoms with Crippen LogP contribution in [0.3, 0.4) is 0 Å². The van der Waals surface area contributed by atoms with Crippen molar-refractivity contribution in [1.29, 1.82) is 0 Å². The average molecular weight is 203 g/mol. The van der Waals surface area contributed by atoms with Crippen LogP contribution in [0, 0.1) is 0 Å². The number of rotatable bonds is 2. The van der Waals surface area contributed by atoms with Crippen LogP contribution < -0.4 is 0 Å². The molecule has 0 spiro atoms. The Bertz CT molecular complexity index is 454. The lowest BCUT2D eigenvalue weighted by atomic mass is 10.0. The van der Waals surface area contributed by atoms with Crippen molar-refractivity contribution < 1.29 is 0 Å². The standard InChI is InChI=1S/C13H11Cl/c1-2-13(14)12-9-5-7-10-6-3-4-8-11(10)12/h2-9,13H,1H2. The average Bonchev–Trinajstić information content (AvgIpc) is 2.27. The molecule has 2 aromatic rings. The summed E-state index contributed by atoms with van der Waals surface area (Å²) in [6, 6.07) is 14.4. The van der Waals surface area contributed by atoms with Gasteiger partial charge in [0, 0.05) is 0 Å². The van der Waals surface area contributed by atoms with Gasteiger partial charge in [0.1, 0.15) is 0 Å². The summed E-state index contributed by atoms with van der Waals surface area (Å²) in [6.07, 6.45) is 1.75. The highest BCUT2D eigenvalue weighted by atomic mass is 35.5. The minimum absolute atomic E-state index is 0.110. The molecule has 0 bridgehead atoms. The molecular weight excluding hydrogens is 192 g/mol. The molecule has 0 aliphatic rings. The first-order chi connectivity index (χ1) is 6.83. The van der Waals surface area contributed by atoms with E-state index >= 15 is 0 Å². The van der Waals surface area contributed by atoms with E-state index < -0.39 is 0 Å². The highest BCUT2D eigenvalue weighted by molar-refractivity contribution is 6.22. The minimum atomic E-state index is -0.110. The Morgan fingerprint density at radius 2 is 1.79 bits per heavy atom. The third kappa shape index (κ3) is 1.53. The fourth-order valence-corrected chi connectivity index (χ4v) is 1.81. The van der Waals surface area contributed by atoms with Gasteiger partial charge in [-0.05, 0) is 16.3 Å². The van der Waals surface area contributed by atoms with E-state index in [-0.39, 0.29) is 5.38 Å². The van der Waals surface area contributed by atoms with Crippen LogP contribution in [0.5, 0.6) is 0 Å². The Labute approximate surface area is 88.8 Å². The summed E-state index contributed by atoms with van der Waals surface area (Å²) in [4.78, 5) is 0. The second kappa shape index (κ2) is 3.85. The van der Waals surface area contributed by atoms with E-state index in [1.165, 1.54) is 10.8 Å². The maximum Gasteiger partial charge on any atom is 0.0769 e. The number of allylic oxidation sites excluding steroid dienone is 1. The molecule has 0 radical (unpaired) electrons. The summed E-state index contributed by atoms with van der Waals surface area (Å²) in [5.41, 5.74) is 1.12. The molecule has 2 rings (SSSR count). The zero-order valence-corrected chi connectivity index (χ0v) is 8.54. The second-order valence-corrected chi connectivity index (χ2v) is 3.68. The lowest BCUT2D eigenvalue weighted by Crippen LogP contribution is -1.87. The topological polar surface area (TPSA) is 0 Å². The number of fused-ring (bicyclic) bond motifs is 1. The summed E-state index contributed by atoms with van der Waals surface area (Å²) >= 11 is 6.15. The summed E-state index contributed by atoms with van der Waals surface area (Å²) in [5.74, 6) is 0. The predicted molar refractivity (Wildman–Crippen MR) is 62.7 cm³/mol. The van der Waals surface area contributed by atoms with Crippen molar-refractivity contribution in [1.82, 2.24) is 0 Å². The van der Waals surface area contributed by atoms with Gasteiger partial charge in [-0.2, -0.15) is 0 Å². The largest absolute Gasteiger partial charge is 0.113 e. The molecule has 70 valence electrons. The van der Waals surface area contributed by atoms with E-state index in [1.807, 2.05) is 24.3 Å². The molecule has 2 aromatic carbocycles. The number of hydrogen-bond donors (Lipinski definition) is 0. The van der Waals surface area contributed by atoms with E-state index in [1.54, 1.807) is 6.08 Å². The molecule has 0 heterocycles. The molecule has 0 aromatic heterocycles. The van der Waals surface area contributed by atoms with Crippen LogP contribution in [0.2, 0.25) is 0 Å². The summed E-state index contributed by atoms with van der Waals surface area (Å²) in [5, 5.41) is 2.31. The Hall–Kier alpha value is -1.27. The van der Waals surface area contributed by atoms with Crippen LogP contribution in [0.4, 0.5) is 0 Å². The van der Waals surface area contributed by atoms with Gasteiger partial charge in [0.25, 0.3) is 0 Å².